The third kappa shape index (κ3) is 1.35. The SMILES string of the molecule is O=S(=O)(F)c1cc2c(cc1O)OCO2. The van der Waals surface area contributed by atoms with Gasteiger partial charge in [0.05, 0.1) is 0 Å². The van der Waals surface area contributed by atoms with Crippen LogP contribution in [-0.2, 0) is 10.2 Å². The lowest BCUT2D eigenvalue weighted by atomic mass is 10.3. The van der Waals surface area contributed by atoms with Gasteiger partial charge in [0.25, 0.3) is 0 Å². The van der Waals surface area contributed by atoms with Crippen molar-refractivity contribution >= 4 is 10.2 Å². The van der Waals surface area contributed by atoms with Gasteiger partial charge in [0, 0.05) is 12.1 Å². The van der Waals surface area contributed by atoms with Gasteiger partial charge in [-0.15, -0.1) is 3.89 Å². The first-order chi connectivity index (χ1) is 6.48. The first-order valence-electron chi connectivity index (χ1n) is 3.56. The van der Waals surface area contributed by atoms with Gasteiger partial charge < -0.3 is 14.6 Å². The van der Waals surface area contributed by atoms with Gasteiger partial charge in [0.2, 0.25) is 6.79 Å². The summed E-state index contributed by atoms with van der Waals surface area (Å²) >= 11 is 0. The summed E-state index contributed by atoms with van der Waals surface area (Å²) in [5, 5.41) is 9.16. The lowest BCUT2D eigenvalue weighted by Gasteiger charge is -2.01. The average Bonchev–Trinajstić information content (AvgIpc) is 2.47. The number of phenols is 1. The maximum Gasteiger partial charge on any atom is 0.335 e. The van der Waals surface area contributed by atoms with Crippen molar-refractivity contribution in [2.75, 3.05) is 6.79 Å². The molecule has 0 spiro atoms. The van der Waals surface area contributed by atoms with E-state index in [1.807, 2.05) is 0 Å². The summed E-state index contributed by atoms with van der Waals surface area (Å²) in [4.78, 5) is -0.818. The minimum atomic E-state index is -4.94. The molecule has 1 aliphatic rings. The van der Waals surface area contributed by atoms with Crippen LogP contribution in [0.1, 0.15) is 0 Å². The lowest BCUT2D eigenvalue weighted by molar-refractivity contribution is 0.174. The number of hydrogen-bond donors (Lipinski definition) is 1. The van der Waals surface area contributed by atoms with Crippen LogP contribution in [-0.4, -0.2) is 20.3 Å². The molecule has 1 aliphatic heterocycles. The molecule has 0 atom stereocenters. The van der Waals surface area contributed by atoms with Crippen LogP contribution in [0.15, 0.2) is 17.0 Å². The Hall–Kier alpha value is -1.50. The Kier molecular flexibility index (Phi) is 1.78. The van der Waals surface area contributed by atoms with Crippen molar-refractivity contribution in [3.8, 4) is 17.2 Å². The van der Waals surface area contributed by atoms with Crippen LogP contribution in [0.5, 0.6) is 17.2 Å². The number of rotatable bonds is 1. The van der Waals surface area contributed by atoms with Crippen molar-refractivity contribution in [2.24, 2.45) is 0 Å². The molecule has 1 heterocycles. The Balaban J connectivity index is 2.65. The molecule has 1 N–H and O–H groups in total. The van der Waals surface area contributed by atoms with E-state index in [-0.39, 0.29) is 18.3 Å². The maximum atomic E-state index is 12.6. The molecule has 14 heavy (non-hydrogen) atoms. The zero-order valence-corrected chi connectivity index (χ0v) is 7.54. The fraction of sp³-hybridized carbons (Fsp3) is 0.143. The first-order valence-corrected chi connectivity index (χ1v) is 4.94. The molecule has 76 valence electrons. The monoisotopic (exact) mass is 220 g/mol. The quantitative estimate of drug-likeness (QED) is 0.708. The second kappa shape index (κ2) is 2.74. The summed E-state index contributed by atoms with van der Waals surface area (Å²) in [5.41, 5.74) is 0. The number of halogens is 1. The van der Waals surface area contributed by atoms with Crippen LogP contribution >= 0.6 is 0 Å². The van der Waals surface area contributed by atoms with E-state index in [4.69, 9.17) is 14.6 Å². The molecule has 1 aromatic rings. The highest BCUT2D eigenvalue weighted by atomic mass is 32.3. The van der Waals surface area contributed by atoms with Crippen LogP contribution in [0.4, 0.5) is 3.89 Å². The molecule has 0 aliphatic carbocycles. The fourth-order valence-electron chi connectivity index (χ4n) is 1.11. The zero-order valence-electron chi connectivity index (χ0n) is 6.73. The second-order valence-corrected chi connectivity index (χ2v) is 3.93. The number of hydrogen-bond acceptors (Lipinski definition) is 5. The van der Waals surface area contributed by atoms with Crippen LogP contribution in [0.2, 0.25) is 0 Å². The van der Waals surface area contributed by atoms with Gasteiger partial charge in [-0.2, -0.15) is 8.42 Å². The van der Waals surface area contributed by atoms with Crippen molar-refractivity contribution in [3.05, 3.63) is 12.1 Å². The Bertz CT molecular complexity index is 481. The largest absolute Gasteiger partial charge is 0.506 e. The number of aromatic hydroxyl groups is 1. The predicted octanol–water partition coefficient (Wildman–Crippen LogP) is 0.779. The summed E-state index contributed by atoms with van der Waals surface area (Å²) in [5.74, 6) is -0.411. The molecular weight excluding hydrogens is 215 g/mol. The molecule has 0 radical (unpaired) electrons. The van der Waals surface area contributed by atoms with E-state index in [1.165, 1.54) is 0 Å². The normalized spacial score (nSPS) is 14.4. The minimum Gasteiger partial charge on any atom is -0.506 e. The zero-order chi connectivity index (χ0) is 10.3. The van der Waals surface area contributed by atoms with Gasteiger partial charge in [0.15, 0.2) is 11.5 Å². The Morgan fingerprint density at radius 1 is 1.29 bits per heavy atom. The molecule has 0 saturated heterocycles. The predicted molar refractivity (Wildman–Crippen MR) is 42.5 cm³/mol. The van der Waals surface area contributed by atoms with Crippen LogP contribution in [0.3, 0.4) is 0 Å². The minimum absolute atomic E-state index is 0.0788. The van der Waals surface area contributed by atoms with Crippen molar-refractivity contribution in [3.63, 3.8) is 0 Å². The number of phenolic OH excluding ortho intramolecular Hbond substituents is 1. The first kappa shape index (κ1) is 9.07. The smallest absolute Gasteiger partial charge is 0.335 e. The molecular formula is C7H5FO5S. The van der Waals surface area contributed by atoms with Crippen molar-refractivity contribution in [2.45, 2.75) is 4.90 Å². The highest BCUT2D eigenvalue weighted by Gasteiger charge is 2.24. The van der Waals surface area contributed by atoms with E-state index in [9.17, 15) is 12.3 Å². The van der Waals surface area contributed by atoms with Gasteiger partial charge in [-0.3, -0.25) is 0 Å². The average molecular weight is 220 g/mol. The maximum absolute atomic E-state index is 12.6. The highest BCUT2D eigenvalue weighted by Crippen LogP contribution is 2.39. The van der Waals surface area contributed by atoms with Crippen molar-refractivity contribution in [1.82, 2.24) is 0 Å². The van der Waals surface area contributed by atoms with E-state index in [0.717, 1.165) is 12.1 Å². The summed E-state index contributed by atoms with van der Waals surface area (Å²) < 4.78 is 43.3. The van der Waals surface area contributed by atoms with Gasteiger partial charge in [-0.05, 0) is 0 Å². The molecule has 7 heteroatoms. The van der Waals surface area contributed by atoms with E-state index in [0.29, 0.717) is 0 Å². The van der Waals surface area contributed by atoms with Gasteiger partial charge in [0.1, 0.15) is 10.6 Å². The van der Waals surface area contributed by atoms with Crippen LogP contribution in [0.25, 0.3) is 0 Å². The standard InChI is InChI=1S/C7H5FO5S/c8-14(10,11)7-2-6-5(1-4(7)9)12-3-13-6/h1-2,9H,3H2. The molecule has 0 aromatic heterocycles. The second-order valence-electron chi connectivity index (χ2n) is 2.61. The van der Waals surface area contributed by atoms with E-state index in [2.05, 4.69) is 0 Å². The summed E-state index contributed by atoms with van der Waals surface area (Å²) in [6.45, 7) is -0.0788. The summed E-state index contributed by atoms with van der Waals surface area (Å²) in [7, 11) is -4.94. The molecule has 0 unspecified atom stereocenters. The van der Waals surface area contributed by atoms with E-state index >= 15 is 0 Å². The molecule has 5 nitrogen and oxygen atoms in total. The van der Waals surface area contributed by atoms with Gasteiger partial charge >= 0.3 is 10.2 Å². The highest BCUT2D eigenvalue weighted by molar-refractivity contribution is 7.86. The van der Waals surface area contributed by atoms with E-state index in [1.54, 1.807) is 0 Å². The van der Waals surface area contributed by atoms with Crippen LogP contribution < -0.4 is 9.47 Å². The van der Waals surface area contributed by atoms with Gasteiger partial charge in [-0.1, -0.05) is 0 Å². The van der Waals surface area contributed by atoms with Crippen molar-refractivity contribution < 1.29 is 26.9 Å². The molecule has 0 saturated carbocycles. The Labute approximate surface area is 78.9 Å². The number of ether oxygens (including phenoxy) is 2. The molecule has 1 aromatic carbocycles. The Morgan fingerprint density at radius 2 is 1.86 bits per heavy atom. The molecule has 0 bridgehead atoms. The van der Waals surface area contributed by atoms with Crippen molar-refractivity contribution in [1.29, 1.82) is 0 Å². The summed E-state index contributed by atoms with van der Waals surface area (Å²) in [6, 6.07) is 1.88. The fourth-order valence-corrected chi connectivity index (χ4v) is 1.66. The Morgan fingerprint density at radius 3 is 2.43 bits per heavy atom. The lowest BCUT2D eigenvalue weighted by Crippen LogP contribution is -1.93. The molecule has 2 rings (SSSR count). The third-order valence-electron chi connectivity index (χ3n) is 1.72. The van der Waals surface area contributed by atoms with Gasteiger partial charge in [-0.25, -0.2) is 0 Å². The number of benzene rings is 1. The topological polar surface area (TPSA) is 72.8 Å². The summed E-state index contributed by atoms with van der Waals surface area (Å²) in [6.07, 6.45) is 0. The van der Waals surface area contributed by atoms with E-state index < -0.39 is 20.9 Å². The number of fused-ring (bicyclic) bond motifs is 1. The molecule has 0 fully saturated rings. The third-order valence-corrected chi connectivity index (χ3v) is 2.57. The molecule has 0 amide bonds. The van der Waals surface area contributed by atoms with Crippen LogP contribution in [0, 0.1) is 0 Å².